The Kier molecular flexibility index (Phi) is 6.55. The van der Waals surface area contributed by atoms with Crippen molar-refractivity contribution in [2.24, 2.45) is 0 Å². The normalized spacial score (nSPS) is 19.2. The molecule has 2 aromatic carbocycles. The number of hydrogen-bond donors (Lipinski definition) is 2. The second-order valence-electron chi connectivity index (χ2n) is 8.46. The fraction of sp³-hybridized carbons (Fsp3) is 0.400. The van der Waals surface area contributed by atoms with Crippen LogP contribution in [0.2, 0.25) is 0 Å². The molecule has 0 unspecified atom stereocenters. The van der Waals surface area contributed by atoms with E-state index < -0.39 is 11.7 Å². The predicted molar refractivity (Wildman–Crippen MR) is 119 cm³/mol. The fourth-order valence-corrected chi connectivity index (χ4v) is 4.64. The van der Waals surface area contributed by atoms with Crippen LogP contribution in [0.3, 0.4) is 0 Å². The zero-order valence-corrected chi connectivity index (χ0v) is 18.1. The highest BCUT2D eigenvalue weighted by Crippen LogP contribution is 2.32. The SMILES string of the molecule is CCN(C(=O)c1cc2cc(C(F)(F)F)ccc2[nH]1)[C@H]1CCC[C@@H](NCc2ccccc2)C1. The van der Waals surface area contributed by atoms with E-state index in [1.807, 2.05) is 30.0 Å². The third-order valence-corrected chi connectivity index (χ3v) is 6.31. The maximum absolute atomic E-state index is 13.3. The highest BCUT2D eigenvalue weighted by atomic mass is 19.4. The summed E-state index contributed by atoms with van der Waals surface area (Å²) in [5.41, 5.74) is 1.38. The monoisotopic (exact) mass is 443 g/mol. The highest BCUT2D eigenvalue weighted by molar-refractivity contribution is 5.98. The van der Waals surface area contributed by atoms with Gasteiger partial charge in [-0.1, -0.05) is 30.3 Å². The average molecular weight is 444 g/mol. The van der Waals surface area contributed by atoms with E-state index in [9.17, 15) is 18.0 Å². The van der Waals surface area contributed by atoms with Crippen LogP contribution in [0.15, 0.2) is 54.6 Å². The van der Waals surface area contributed by atoms with Crippen molar-refractivity contribution in [3.63, 3.8) is 0 Å². The van der Waals surface area contributed by atoms with Crippen molar-refractivity contribution in [3.05, 3.63) is 71.4 Å². The molecule has 0 saturated heterocycles. The Morgan fingerprint density at radius 3 is 2.62 bits per heavy atom. The molecule has 3 aromatic rings. The number of fused-ring (bicyclic) bond motifs is 1. The molecule has 4 nitrogen and oxygen atoms in total. The number of nitrogens with zero attached hydrogens (tertiary/aromatic N) is 1. The summed E-state index contributed by atoms with van der Waals surface area (Å²) >= 11 is 0. The molecule has 0 spiro atoms. The second-order valence-corrected chi connectivity index (χ2v) is 8.46. The van der Waals surface area contributed by atoms with Gasteiger partial charge in [0.2, 0.25) is 0 Å². The van der Waals surface area contributed by atoms with Gasteiger partial charge in [0.1, 0.15) is 5.69 Å². The number of carbonyl (C=O) groups is 1. The van der Waals surface area contributed by atoms with Gasteiger partial charge in [0.05, 0.1) is 5.56 Å². The maximum Gasteiger partial charge on any atom is 0.416 e. The fourth-order valence-electron chi connectivity index (χ4n) is 4.64. The zero-order valence-electron chi connectivity index (χ0n) is 18.1. The number of nitrogens with one attached hydrogen (secondary N) is 2. The van der Waals surface area contributed by atoms with Crippen LogP contribution in [0, 0.1) is 0 Å². The van der Waals surface area contributed by atoms with Crippen molar-refractivity contribution >= 4 is 16.8 Å². The van der Waals surface area contributed by atoms with Crippen molar-refractivity contribution in [1.29, 1.82) is 0 Å². The number of amides is 1. The minimum Gasteiger partial charge on any atom is -0.351 e. The molecular weight excluding hydrogens is 415 g/mol. The summed E-state index contributed by atoms with van der Waals surface area (Å²) in [5, 5.41) is 4.01. The lowest BCUT2D eigenvalue weighted by Crippen LogP contribution is -2.46. The van der Waals surface area contributed by atoms with E-state index in [1.54, 1.807) is 0 Å². The van der Waals surface area contributed by atoms with Crippen LogP contribution in [-0.4, -0.2) is 34.4 Å². The first-order chi connectivity index (χ1) is 15.3. The molecule has 0 radical (unpaired) electrons. The predicted octanol–water partition coefficient (Wildman–Crippen LogP) is 5.75. The third kappa shape index (κ3) is 4.99. The quantitative estimate of drug-likeness (QED) is 0.510. The Morgan fingerprint density at radius 1 is 1.12 bits per heavy atom. The lowest BCUT2D eigenvalue weighted by atomic mass is 9.89. The summed E-state index contributed by atoms with van der Waals surface area (Å²) in [6, 6.07) is 15.7. The number of benzene rings is 2. The Morgan fingerprint density at radius 2 is 1.91 bits per heavy atom. The molecule has 2 atom stereocenters. The Balaban J connectivity index is 1.46. The number of hydrogen-bond acceptors (Lipinski definition) is 2. The van der Waals surface area contributed by atoms with Gasteiger partial charge >= 0.3 is 6.18 Å². The van der Waals surface area contributed by atoms with E-state index in [4.69, 9.17) is 0 Å². The van der Waals surface area contributed by atoms with Crippen LogP contribution < -0.4 is 5.32 Å². The molecule has 4 rings (SSSR count). The lowest BCUT2D eigenvalue weighted by Gasteiger charge is -2.37. The van der Waals surface area contributed by atoms with Crippen LogP contribution >= 0.6 is 0 Å². The standard InChI is InChI=1S/C25H28F3N3O/c1-2-31(21-10-6-9-20(15-21)29-16-17-7-4-3-5-8-17)24(32)23-14-18-13-19(25(26,27)28)11-12-22(18)30-23/h3-5,7-8,11-14,20-21,29-30H,2,6,9-10,15-16H2,1H3/t20-,21+/m1/s1. The van der Waals surface area contributed by atoms with E-state index in [2.05, 4.69) is 22.4 Å². The van der Waals surface area contributed by atoms with Gasteiger partial charge in [-0.15, -0.1) is 0 Å². The number of carbonyl (C=O) groups excluding carboxylic acids is 1. The topological polar surface area (TPSA) is 48.1 Å². The first-order valence-corrected chi connectivity index (χ1v) is 11.1. The van der Waals surface area contributed by atoms with Gasteiger partial charge in [-0.05, 0) is 62.4 Å². The molecule has 0 bridgehead atoms. The molecule has 2 N–H and O–H groups in total. The first-order valence-electron chi connectivity index (χ1n) is 11.1. The molecule has 1 amide bonds. The summed E-state index contributed by atoms with van der Waals surface area (Å²) in [6.07, 6.45) is -0.508. The van der Waals surface area contributed by atoms with Gasteiger partial charge in [0.15, 0.2) is 0 Å². The van der Waals surface area contributed by atoms with Crippen LogP contribution in [-0.2, 0) is 12.7 Å². The van der Waals surface area contributed by atoms with Gasteiger partial charge in [-0.2, -0.15) is 13.2 Å². The number of H-pyrrole nitrogens is 1. The molecule has 1 aliphatic rings. The van der Waals surface area contributed by atoms with Gasteiger partial charge in [-0.25, -0.2) is 0 Å². The molecule has 1 saturated carbocycles. The highest BCUT2D eigenvalue weighted by Gasteiger charge is 2.32. The van der Waals surface area contributed by atoms with Crippen molar-refractivity contribution in [3.8, 4) is 0 Å². The largest absolute Gasteiger partial charge is 0.416 e. The van der Waals surface area contributed by atoms with Gasteiger partial charge in [0.25, 0.3) is 5.91 Å². The van der Waals surface area contributed by atoms with Crippen molar-refractivity contribution in [2.75, 3.05) is 6.54 Å². The third-order valence-electron chi connectivity index (χ3n) is 6.31. The smallest absolute Gasteiger partial charge is 0.351 e. The van der Waals surface area contributed by atoms with Crippen molar-refractivity contribution < 1.29 is 18.0 Å². The van der Waals surface area contributed by atoms with Crippen molar-refractivity contribution in [1.82, 2.24) is 15.2 Å². The molecular formula is C25H28F3N3O. The van der Waals surface area contributed by atoms with Crippen LogP contribution in [0.25, 0.3) is 10.9 Å². The van der Waals surface area contributed by atoms with E-state index in [0.717, 1.165) is 44.4 Å². The number of halogens is 3. The summed E-state index contributed by atoms with van der Waals surface area (Å²) in [4.78, 5) is 18.1. The van der Waals surface area contributed by atoms with Crippen LogP contribution in [0.5, 0.6) is 0 Å². The number of rotatable bonds is 6. The Bertz CT molecular complexity index is 1060. The Hall–Kier alpha value is -2.80. The number of aromatic amines is 1. The summed E-state index contributed by atoms with van der Waals surface area (Å²) in [6.45, 7) is 3.29. The minimum atomic E-state index is -4.41. The first kappa shape index (κ1) is 22.4. The molecule has 0 aliphatic heterocycles. The lowest BCUT2D eigenvalue weighted by molar-refractivity contribution is -0.137. The summed E-state index contributed by atoms with van der Waals surface area (Å²) in [7, 11) is 0. The van der Waals surface area contributed by atoms with Crippen LogP contribution in [0.4, 0.5) is 13.2 Å². The zero-order chi connectivity index (χ0) is 22.7. The van der Waals surface area contributed by atoms with Gasteiger partial charge < -0.3 is 15.2 Å². The Labute approximate surface area is 185 Å². The molecule has 32 heavy (non-hydrogen) atoms. The van der Waals surface area contributed by atoms with E-state index in [1.165, 1.54) is 17.7 Å². The van der Waals surface area contributed by atoms with E-state index in [-0.39, 0.29) is 11.9 Å². The average Bonchev–Trinajstić information content (AvgIpc) is 3.22. The second kappa shape index (κ2) is 9.36. The molecule has 7 heteroatoms. The minimum absolute atomic E-state index is 0.103. The molecule has 1 aromatic heterocycles. The summed E-state index contributed by atoms with van der Waals surface area (Å²) < 4.78 is 39.1. The molecule has 1 aliphatic carbocycles. The van der Waals surface area contributed by atoms with Gasteiger partial charge in [-0.3, -0.25) is 4.79 Å². The van der Waals surface area contributed by atoms with Gasteiger partial charge in [0, 0.05) is 36.1 Å². The number of alkyl halides is 3. The van der Waals surface area contributed by atoms with Crippen molar-refractivity contribution in [2.45, 2.75) is 57.4 Å². The van der Waals surface area contributed by atoms with Crippen LogP contribution in [0.1, 0.15) is 54.2 Å². The molecule has 170 valence electrons. The van der Waals surface area contributed by atoms with E-state index >= 15 is 0 Å². The molecule has 1 fully saturated rings. The summed E-state index contributed by atoms with van der Waals surface area (Å²) in [5.74, 6) is -0.161. The molecule has 1 heterocycles. The maximum atomic E-state index is 13.3. The number of aromatic nitrogens is 1. The van der Waals surface area contributed by atoms with E-state index in [0.29, 0.717) is 29.2 Å².